The van der Waals surface area contributed by atoms with E-state index in [2.05, 4.69) is 38.9 Å². The standard InChI is InChI=1S/C26H29N7O2/c1-17(34)31-10-7-25-22(15-31)26(29-33(25)20-8-11-35-16-20)32-9-3-4-19-12-18(5-6-24(19)32)21-14-30(2)28-23(21)13-27/h5-6,12,14,20H,3-4,7-11,15-16H2,1-2H3. The van der Waals surface area contributed by atoms with Crippen LogP contribution in [0.4, 0.5) is 11.5 Å². The highest BCUT2D eigenvalue weighted by Gasteiger charge is 2.33. The molecule has 5 heterocycles. The molecule has 1 saturated heterocycles. The fraction of sp³-hybridized carbons (Fsp3) is 0.462. The summed E-state index contributed by atoms with van der Waals surface area (Å²) in [5, 5.41) is 19.0. The van der Waals surface area contributed by atoms with Gasteiger partial charge in [-0.1, -0.05) is 6.07 Å². The van der Waals surface area contributed by atoms with Crippen LogP contribution in [-0.4, -0.2) is 56.7 Å². The van der Waals surface area contributed by atoms with Crippen LogP contribution >= 0.6 is 0 Å². The molecule has 1 aromatic carbocycles. The van der Waals surface area contributed by atoms with Crippen LogP contribution in [0.15, 0.2) is 24.4 Å². The number of nitrogens with zero attached hydrogens (tertiary/aromatic N) is 7. The number of rotatable bonds is 3. The quantitative estimate of drug-likeness (QED) is 0.583. The summed E-state index contributed by atoms with van der Waals surface area (Å²) in [6.45, 7) is 5.31. The van der Waals surface area contributed by atoms with Crippen molar-refractivity contribution in [2.75, 3.05) is 31.2 Å². The molecule has 180 valence electrons. The number of hydrogen-bond donors (Lipinski definition) is 0. The van der Waals surface area contributed by atoms with Gasteiger partial charge >= 0.3 is 0 Å². The fourth-order valence-electron chi connectivity index (χ4n) is 5.70. The normalized spacial score (nSPS) is 19.4. The number of benzene rings is 1. The first-order chi connectivity index (χ1) is 17.0. The maximum atomic E-state index is 12.2. The van der Waals surface area contributed by atoms with Crippen LogP contribution in [0, 0.1) is 11.3 Å². The second-order valence-electron chi connectivity index (χ2n) is 9.68. The molecule has 9 nitrogen and oxygen atoms in total. The molecule has 1 fully saturated rings. The number of hydrogen-bond acceptors (Lipinski definition) is 6. The Morgan fingerprint density at radius 3 is 2.89 bits per heavy atom. The van der Waals surface area contributed by atoms with Crippen LogP contribution in [-0.2, 0) is 36.0 Å². The summed E-state index contributed by atoms with van der Waals surface area (Å²) in [6.07, 6.45) is 5.67. The van der Waals surface area contributed by atoms with E-state index in [9.17, 15) is 10.1 Å². The van der Waals surface area contributed by atoms with E-state index in [-0.39, 0.29) is 11.9 Å². The Morgan fingerprint density at radius 1 is 1.23 bits per heavy atom. The van der Waals surface area contributed by atoms with E-state index < -0.39 is 0 Å². The lowest BCUT2D eigenvalue weighted by atomic mass is 9.96. The lowest BCUT2D eigenvalue weighted by Gasteiger charge is -2.32. The maximum Gasteiger partial charge on any atom is 0.219 e. The number of aromatic nitrogens is 4. The molecule has 2 aromatic heterocycles. The summed E-state index contributed by atoms with van der Waals surface area (Å²) in [4.78, 5) is 16.5. The van der Waals surface area contributed by atoms with Gasteiger partial charge in [-0.25, -0.2) is 0 Å². The van der Waals surface area contributed by atoms with Crippen LogP contribution in [0.5, 0.6) is 0 Å². The van der Waals surface area contributed by atoms with E-state index in [1.54, 1.807) is 11.6 Å². The maximum absolute atomic E-state index is 12.2. The molecule has 0 radical (unpaired) electrons. The van der Waals surface area contributed by atoms with E-state index >= 15 is 0 Å². The van der Waals surface area contributed by atoms with Crippen molar-refractivity contribution in [1.29, 1.82) is 5.26 Å². The molecule has 0 spiro atoms. The second-order valence-corrected chi connectivity index (χ2v) is 9.68. The number of carbonyl (C=O) groups is 1. The van der Waals surface area contributed by atoms with Crippen molar-refractivity contribution in [2.24, 2.45) is 7.05 Å². The zero-order valence-electron chi connectivity index (χ0n) is 20.2. The molecule has 3 aliphatic heterocycles. The number of carbonyl (C=O) groups excluding carboxylic acids is 1. The summed E-state index contributed by atoms with van der Waals surface area (Å²) in [5.41, 5.74) is 7.10. The van der Waals surface area contributed by atoms with Gasteiger partial charge in [0.05, 0.1) is 19.2 Å². The molecule has 9 heteroatoms. The Bertz CT molecular complexity index is 1340. The van der Waals surface area contributed by atoms with E-state index in [0.29, 0.717) is 18.8 Å². The summed E-state index contributed by atoms with van der Waals surface area (Å²) in [6, 6.07) is 8.87. The number of anilines is 2. The molecular formula is C26H29N7O2. The Morgan fingerprint density at radius 2 is 2.11 bits per heavy atom. The monoisotopic (exact) mass is 471 g/mol. The Balaban J connectivity index is 1.42. The molecule has 0 bridgehead atoms. The van der Waals surface area contributed by atoms with Crippen molar-refractivity contribution in [3.8, 4) is 17.2 Å². The molecule has 3 aromatic rings. The number of ether oxygens (including phenoxy) is 1. The third-order valence-electron chi connectivity index (χ3n) is 7.46. The predicted octanol–water partition coefficient (Wildman–Crippen LogP) is 3.11. The van der Waals surface area contributed by atoms with Crippen molar-refractivity contribution < 1.29 is 9.53 Å². The highest BCUT2D eigenvalue weighted by molar-refractivity contribution is 5.77. The molecule has 0 aliphatic carbocycles. The van der Waals surface area contributed by atoms with Crippen LogP contribution in [0.2, 0.25) is 0 Å². The topological polar surface area (TPSA) is 92.2 Å². The van der Waals surface area contributed by atoms with E-state index in [4.69, 9.17) is 9.84 Å². The second kappa shape index (κ2) is 8.54. The first kappa shape index (κ1) is 21.9. The molecule has 0 N–H and O–H groups in total. The number of amides is 1. The molecule has 0 saturated carbocycles. The van der Waals surface area contributed by atoms with Crippen molar-refractivity contribution in [3.05, 3.63) is 46.9 Å². The smallest absolute Gasteiger partial charge is 0.219 e. The first-order valence-electron chi connectivity index (χ1n) is 12.3. The minimum atomic E-state index is 0.104. The molecule has 35 heavy (non-hydrogen) atoms. The van der Waals surface area contributed by atoms with Crippen molar-refractivity contribution in [1.82, 2.24) is 24.5 Å². The fourth-order valence-corrected chi connectivity index (χ4v) is 5.70. The van der Waals surface area contributed by atoms with Gasteiger partial charge in [-0.05, 0) is 42.5 Å². The van der Waals surface area contributed by atoms with Gasteiger partial charge in [0.2, 0.25) is 5.91 Å². The van der Waals surface area contributed by atoms with Crippen LogP contribution in [0.25, 0.3) is 11.1 Å². The van der Waals surface area contributed by atoms with E-state index in [0.717, 1.165) is 73.6 Å². The summed E-state index contributed by atoms with van der Waals surface area (Å²) >= 11 is 0. The molecule has 6 rings (SSSR count). The average Bonchev–Trinajstić information content (AvgIpc) is 3.61. The van der Waals surface area contributed by atoms with Gasteiger partial charge in [-0.2, -0.15) is 15.5 Å². The largest absolute Gasteiger partial charge is 0.379 e. The Labute approximate surface area is 204 Å². The number of aryl methyl sites for hydroxylation is 2. The summed E-state index contributed by atoms with van der Waals surface area (Å²) < 4.78 is 9.55. The van der Waals surface area contributed by atoms with Gasteiger partial charge in [0, 0.05) is 68.8 Å². The van der Waals surface area contributed by atoms with Crippen LogP contribution in [0.1, 0.15) is 48.3 Å². The van der Waals surface area contributed by atoms with Crippen molar-refractivity contribution >= 4 is 17.4 Å². The van der Waals surface area contributed by atoms with Crippen molar-refractivity contribution in [2.45, 2.75) is 45.2 Å². The Kier molecular flexibility index (Phi) is 5.33. The van der Waals surface area contributed by atoms with Gasteiger partial charge in [0.15, 0.2) is 11.5 Å². The van der Waals surface area contributed by atoms with Crippen LogP contribution < -0.4 is 4.90 Å². The van der Waals surface area contributed by atoms with E-state index in [1.807, 2.05) is 18.1 Å². The number of fused-ring (bicyclic) bond motifs is 2. The summed E-state index contributed by atoms with van der Waals surface area (Å²) in [5.74, 6) is 1.07. The SMILES string of the molecule is CC(=O)N1CCc2c(c(N3CCCc4cc(-c5cn(C)nc5C#N)ccc43)nn2C2CCOC2)C1. The molecule has 1 atom stereocenters. The number of nitriles is 1. The van der Waals surface area contributed by atoms with Gasteiger partial charge in [-0.15, -0.1) is 0 Å². The predicted molar refractivity (Wildman–Crippen MR) is 130 cm³/mol. The molecule has 1 amide bonds. The average molecular weight is 472 g/mol. The van der Waals surface area contributed by atoms with Gasteiger partial charge in [-0.3, -0.25) is 14.2 Å². The lowest BCUT2D eigenvalue weighted by Crippen LogP contribution is -2.35. The van der Waals surface area contributed by atoms with Crippen molar-refractivity contribution in [3.63, 3.8) is 0 Å². The highest BCUT2D eigenvalue weighted by Crippen LogP contribution is 2.40. The summed E-state index contributed by atoms with van der Waals surface area (Å²) in [7, 11) is 1.84. The zero-order valence-corrected chi connectivity index (χ0v) is 20.2. The van der Waals surface area contributed by atoms with Crippen LogP contribution in [0.3, 0.4) is 0 Å². The van der Waals surface area contributed by atoms with Gasteiger partial charge < -0.3 is 14.5 Å². The van der Waals surface area contributed by atoms with Gasteiger partial charge in [0.1, 0.15) is 6.07 Å². The van der Waals surface area contributed by atoms with Gasteiger partial charge in [0.25, 0.3) is 0 Å². The first-order valence-corrected chi connectivity index (χ1v) is 12.3. The third-order valence-corrected chi connectivity index (χ3v) is 7.46. The zero-order chi connectivity index (χ0) is 24.1. The minimum absolute atomic E-state index is 0.104. The highest BCUT2D eigenvalue weighted by atomic mass is 16.5. The minimum Gasteiger partial charge on any atom is -0.379 e. The lowest BCUT2D eigenvalue weighted by molar-refractivity contribution is -0.129. The van der Waals surface area contributed by atoms with E-state index in [1.165, 1.54) is 11.3 Å². The molecule has 3 aliphatic rings. The Hall–Kier alpha value is -3.64. The third kappa shape index (κ3) is 3.69. The molecular weight excluding hydrogens is 442 g/mol. The molecule has 1 unspecified atom stereocenters.